The van der Waals surface area contributed by atoms with Crippen LogP contribution in [0.1, 0.15) is 30.0 Å². The second-order valence-corrected chi connectivity index (χ2v) is 10.3. The van der Waals surface area contributed by atoms with Crippen LogP contribution in [0.15, 0.2) is 24.3 Å². The minimum Gasteiger partial charge on any atom is -0.300 e. The number of aryl methyl sites for hydroxylation is 1. The smallest absolute Gasteiger partial charge is 0.150 e. The van der Waals surface area contributed by atoms with Gasteiger partial charge in [0.05, 0.1) is 11.5 Å². The Morgan fingerprint density at radius 3 is 2.31 bits per heavy atom. The van der Waals surface area contributed by atoms with Gasteiger partial charge in [-0.15, -0.1) is 24.8 Å². The van der Waals surface area contributed by atoms with Gasteiger partial charge >= 0.3 is 0 Å². The first-order valence-electron chi connectivity index (χ1n) is 9.15. The lowest BCUT2D eigenvalue weighted by molar-refractivity contribution is 0.178. The van der Waals surface area contributed by atoms with Gasteiger partial charge in [-0.1, -0.05) is 24.3 Å². The van der Waals surface area contributed by atoms with Crippen LogP contribution in [-0.2, 0) is 9.84 Å². The standard InChI is InChI=1S/C19H28N2O2S.2ClH/c1-14-5-3-4-6-17(14)19-18-13-21(12-15(18)11-20(19)2)16-7-9-24(22,23)10-8-16;;/h3-6,15-16,18-19H,7-13H2,1-2H3;2*1H/t15-,18+,19-;;/m0../s1. The molecule has 0 aliphatic carbocycles. The van der Waals surface area contributed by atoms with E-state index in [2.05, 4.69) is 48.0 Å². The van der Waals surface area contributed by atoms with E-state index in [0.717, 1.165) is 38.4 Å². The quantitative estimate of drug-likeness (QED) is 0.737. The number of fused-ring (bicyclic) bond motifs is 1. The molecule has 3 heterocycles. The van der Waals surface area contributed by atoms with Crippen molar-refractivity contribution in [1.29, 1.82) is 0 Å². The normalized spacial score (nSPS) is 31.8. The zero-order valence-electron chi connectivity index (χ0n) is 15.5. The molecule has 4 nitrogen and oxygen atoms in total. The van der Waals surface area contributed by atoms with Crippen molar-refractivity contribution in [3.63, 3.8) is 0 Å². The van der Waals surface area contributed by atoms with Gasteiger partial charge in [0.15, 0.2) is 0 Å². The van der Waals surface area contributed by atoms with Gasteiger partial charge in [0.1, 0.15) is 9.84 Å². The van der Waals surface area contributed by atoms with Gasteiger partial charge in [0.25, 0.3) is 0 Å². The van der Waals surface area contributed by atoms with Crippen molar-refractivity contribution in [2.24, 2.45) is 11.8 Å². The van der Waals surface area contributed by atoms with Gasteiger partial charge in [-0.3, -0.25) is 9.80 Å². The highest BCUT2D eigenvalue weighted by Gasteiger charge is 2.48. The Morgan fingerprint density at radius 2 is 1.65 bits per heavy atom. The number of rotatable bonds is 2. The van der Waals surface area contributed by atoms with E-state index in [4.69, 9.17) is 0 Å². The molecule has 26 heavy (non-hydrogen) atoms. The number of hydrogen-bond donors (Lipinski definition) is 0. The Bertz CT molecular complexity index is 714. The summed E-state index contributed by atoms with van der Waals surface area (Å²) >= 11 is 0. The summed E-state index contributed by atoms with van der Waals surface area (Å²) < 4.78 is 23.4. The van der Waals surface area contributed by atoms with Crippen molar-refractivity contribution in [3.8, 4) is 0 Å². The molecular weight excluding hydrogens is 391 g/mol. The maximum absolute atomic E-state index is 11.7. The number of benzene rings is 1. The van der Waals surface area contributed by atoms with E-state index in [9.17, 15) is 8.42 Å². The van der Waals surface area contributed by atoms with Gasteiger partial charge in [-0.2, -0.15) is 0 Å². The van der Waals surface area contributed by atoms with Gasteiger partial charge in [-0.25, -0.2) is 8.42 Å². The minimum atomic E-state index is -2.77. The highest BCUT2D eigenvalue weighted by atomic mass is 35.5. The highest BCUT2D eigenvalue weighted by Crippen LogP contribution is 2.45. The van der Waals surface area contributed by atoms with E-state index in [1.54, 1.807) is 0 Å². The van der Waals surface area contributed by atoms with Crippen LogP contribution in [0.25, 0.3) is 0 Å². The summed E-state index contributed by atoms with van der Waals surface area (Å²) in [5.41, 5.74) is 2.86. The van der Waals surface area contributed by atoms with E-state index in [-0.39, 0.29) is 24.8 Å². The summed E-state index contributed by atoms with van der Waals surface area (Å²) in [5.74, 6) is 2.16. The number of halogens is 2. The van der Waals surface area contributed by atoms with Crippen LogP contribution < -0.4 is 0 Å². The molecule has 0 unspecified atom stereocenters. The van der Waals surface area contributed by atoms with E-state index < -0.39 is 9.84 Å². The molecule has 0 radical (unpaired) electrons. The van der Waals surface area contributed by atoms with Crippen LogP contribution in [-0.4, -0.2) is 62.4 Å². The van der Waals surface area contributed by atoms with Crippen LogP contribution in [0, 0.1) is 18.8 Å². The molecule has 3 atom stereocenters. The van der Waals surface area contributed by atoms with E-state index in [1.807, 2.05) is 0 Å². The van der Waals surface area contributed by atoms with Crippen molar-refractivity contribution in [2.45, 2.75) is 31.8 Å². The van der Waals surface area contributed by atoms with E-state index in [1.165, 1.54) is 11.1 Å². The van der Waals surface area contributed by atoms with Crippen molar-refractivity contribution in [2.75, 3.05) is 38.2 Å². The van der Waals surface area contributed by atoms with Crippen LogP contribution >= 0.6 is 24.8 Å². The van der Waals surface area contributed by atoms with Crippen molar-refractivity contribution < 1.29 is 8.42 Å². The van der Waals surface area contributed by atoms with Crippen molar-refractivity contribution in [3.05, 3.63) is 35.4 Å². The van der Waals surface area contributed by atoms with Gasteiger partial charge in [0.2, 0.25) is 0 Å². The van der Waals surface area contributed by atoms with Crippen LogP contribution in [0.3, 0.4) is 0 Å². The van der Waals surface area contributed by atoms with Gasteiger partial charge in [0, 0.05) is 31.7 Å². The predicted octanol–water partition coefficient (Wildman–Crippen LogP) is 2.95. The Balaban J connectivity index is 0.00000121. The Morgan fingerprint density at radius 1 is 1.00 bits per heavy atom. The molecule has 0 spiro atoms. The van der Waals surface area contributed by atoms with Gasteiger partial charge in [-0.05, 0) is 49.8 Å². The second kappa shape index (κ2) is 8.36. The average molecular weight is 421 g/mol. The number of hydrogen-bond acceptors (Lipinski definition) is 4. The van der Waals surface area contributed by atoms with E-state index in [0.29, 0.717) is 29.5 Å². The summed E-state index contributed by atoms with van der Waals surface area (Å²) in [6.45, 7) is 5.64. The molecule has 0 amide bonds. The summed E-state index contributed by atoms with van der Waals surface area (Å²) in [6, 6.07) is 9.76. The predicted molar refractivity (Wildman–Crippen MR) is 111 cm³/mol. The molecule has 0 bridgehead atoms. The molecule has 4 rings (SSSR count). The summed E-state index contributed by atoms with van der Waals surface area (Å²) in [7, 11) is -0.510. The average Bonchev–Trinajstić information content (AvgIpc) is 3.05. The minimum absolute atomic E-state index is 0. The SMILES string of the molecule is Cc1ccccc1[C@H]1[C@@H]2CN(C3CCS(=O)(=O)CC3)C[C@@H]2CN1C.Cl.Cl. The Hall–Kier alpha value is -0.330. The first-order valence-corrected chi connectivity index (χ1v) is 11.0. The van der Waals surface area contributed by atoms with E-state index >= 15 is 0 Å². The molecule has 7 heteroatoms. The molecule has 3 saturated heterocycles. The molecule has 0 aromatic heterocycles. The third-order valence-corrected chi connectivity index (χ3v) is 8.19. The lowest BCUT2D eigenvalue weighted by atomic mass is 9.88. The van der Waals surface area contributed by atoms with Crippen molar-refractivity contribution >= 4 is 34.7 Å². The zero-order chi connectivity index (χ0) is 16.9. The largest absolute Gasteiger partial charge is 0.300 e. The molecule has 1 aromatic rings. The van der Waals surface area contributed by atoms with Crippen molar-refractivity contribution in [1.82, 2.24) is 9.80 Å². The molecule has 148 valence electrons. The number of nitrogens with zero attached hydrogens (tertiary/aromatic N) is 2. The summed E-state index contributed by atoms with van der Waals surface area (Å²) in [4.78, 5) is 5.13. The zero-order valence-corrected chi connectivity index (χ0v) is 18.0. The molecule has 3 fully saturated rings. The molecule has 1 aromatic carbocycles. The summed E-state index contributed by atoms with van der Waals surface area (Å²) in [5, 5.41) is 0. The summed E-state index contributed by atoms with van der Waals surface area (Å²) in [6.07, 6.45) is 1.65. The fourth-order valence-electron chi connectivity index (χ4n) is 5.22. The lowest BCUT2D eigenvalue weighted by Gasteiger charge is -2.33. The second-order valence-electron chi connectivity index (χ2n) is 8.00. The maximum Gasteiger partial charge on any atom is 0.150 e. The Kier molecular flexibility index (Phi) is 7.06. The maximum atomic E-state index is 11.7. The number of sulfone groups is 1. The van der Waals surface area contributed by atoms with Crippen LogP contribution in [0.4, 0.5) is 0 Å². The van der Waals surface area contributed by atoms with Gasteiger partial charge < -0.3 is 0 Å². The first kappa shape index (κ1) is 22.0. The third-order valence-electron chi connectivity index (χ3n) is 6.47. The monoisotopic (exact) mass is 420 g/mol. The topological polar surface area (TPSA) is 40.6 Å². The lowest BCUT2D eigenvalue weighted by Crippen LogP contribution is -2.41. The first-order chi connectivity index (χ1) is 11.4. The number of likely N-dealkylation sites (tertiary alicyclic amines) is 2. The fourth-order valence-corrected chi connectivity index (χ4v) is 6.69. The molecular formula is C19H30Cl2N2O2S. The third kappa shape index (κ3) is 4.07. The fraction of sp³-hybridized carbons (Fsp3) is 0.684. The molecule has 0 N–H and O–H groups in total. The molecule has 0 saturated carbocycles. The van der Waals surface area contributed by atoms with Crippen LogP contribution in [0.2, 0.25) is 0 Å². The van der Waals surface area contributed by atoms with Crippen LogP contribution in [0.5, 0.6) is 0 Å². The molecule has 3 aliphatic heterocycles. The highest BCUT2D eigenvalue weighted by molar-refractivity contribution is 7.91. The molecule has 3 aliphatic rings. The Labute approximate surface area is 170 Å².